The largest absolute Gasteiger partial charge is 0.378 e. The average Bonchev–Trinajstić information content (AvgIpc) is 2.70. The van der Waals surface area contributed by atoms with Gasteiger partial charge >= 0.3 is 0 Å². The molecule has 0 saturated carbocycles. The molecule has 0 aliphatic heterocycles. The number of carbonyl (C=O) groups is 1. The minimum atomic E-state index is -3.76. The van der Waals surface area contributed by atoms with E-state index in [1.165, 1.54) is 12.1 Å². The molecule has 152 valence electrons. The van der Waals surface area contributed by atoms with Gasteiger partial charge in [-0.2, -0.15) is 16.5 Å². The molecule has 1 atom stereocenters. The molecule has 2 aromatic rings. The first-order chi connectivity index (χ1) is 13.3. The molecular formula is C20H27N3O3S2. The molecule has 0 bridgehead atoms. The number of benzene rings is 2. The normalized spacial score (nSPS) is 12.4. The average molecular weight is 422 g/mol. The molecule has 8 heteroatoms. The predicted octanol–water partition coefficient (Wildman–Crippen LogP) is 2.47. The van der Waals surface area contributed by atoms with Crippen LogP contribution in [0.2, 0.25) is 0 Å². The summed E-state index contributed by atoms with van der Waals surface area (Å²) in [5, 5.41) is 2.84. The van der Waals surface area contributed by atoms with Crippen molar-refractivity contribution in [3.05, 3.63) is 60.2 Å². The maximum absolute atomic E-state index is 12.7. The zero-order chi connectivity index (χ0) is 20.6. The molecule has 1 amide bonds. The molecule has 0 heterocycles. The van der Waals surface area contributed by atoms with Crippen LogP contribution in [0.1, 0.15) is 12.0 Å². The van der Waals surface area contributed by atoms with E-state index in [1.54, 1.807) is 30.0 Å². The number of nitrogens with one attached hydrogen (secondary N) is 2. The number of nitrogens with zero attached hydrogens (tertiary/aromatic N) is 1. The number of thioether (sulfide) groups is 1. The highest BCUT2D eigenvalue weighted by Crippen LogP contribution is 2.13. The maximum atomic E-state index is 12.7. The lowest BCUT2D eigenvalue weighted by Gasteiger charge is -2.18. The minimum absolute atomic E-state index is 0.149. The lowest BCUT2D eigenvalue weighted by atomic mass is 10.2. The summed E-state index contributed by atoms with van der Waals surface area (Å²) in [6.07, 6.45) is 2.34. The van der Waals surface area contributed by atoms with Crippen LogP contribution in [0.15, 0.2) is 59.5 Å². The molecule has 2 rings (SSSR count). The van der Waals surface area contributed by atoms with Gasteiger partial charge in [-0.05, 0) is 48.3 Å². The molecule has 0 aromatic heterocycles. The first-order valence-corrected chi connectivity index (χ1v) is 11.8. The Morgan fingerprint density at radius 1 is 1.07 bits per heavy atom. The second-order valence-corrected chi connectivity index (χ2v) is 9.25. The number of amides is 1. The molecule has 0 fully saturated rings. The summed E-state index contributed by atoms with van der Waals surface area (Å²) in [6.45, 7) is 0.343. The van der Waals surface area contributed by atoms with Crippen molar-refractivity contribution in [3.63, 3.8) is 0 Å². The standard InChI is InChI=1S/C20H27N3O3S2/c1-23(2)17-11-9-16(10-12-17)15-21-20(24)19(13-14-27-3)22-28(25,26)18-7-5-4-6-8-18/h4-12,19,22H,13-15H2,1-3H3,(H,21,24)/t19-/m1/s1. The molecule has 0 radical (unpaired) electrons. The van der Waals surface area contributed by atoms with E-state index in [0.717, 1.165) is 11.3 Å². The lowest BCUT2D eigenvalue weighted by molar-refractivity contribution is -0.122. The first-order valence-electron chi connectivity index (χ1n) is 8.94. The summed E-state index contributed by atoms with van der Waals surface area (Å²) in [4.78, 5) is 14.8. The highest BCUT2D eigenvalue weighted by atomic mass is 32.2. The van der Waals surface area contributed by atoms with Crippen LogP contribution in [0, 0.1) is 0 Å². The molecule has 2 N–H and O–H groups in total. The van der Waals surface area contributed by atoms with E-state index in [9.17, 15) is 13.2 Å². The second-order valence-electron chi connectivity index (χ2n) is 6.55. The molecule has 28 heavy (non-hydrogen) atoms. The van der Waals surface area contributed by atoms with Gasteiger partial charge in [0.1, 0.15) is 6.04 Å². The van der Waals surface area contributed by atoms with Crippen molar-refractivity contribution in [3.8, 4) is 0 Å². The van der Waals surface area contributed by atoms with Crippen molar-refractivity contribution >= 4 is 33.4 Å². The summed E-state index contributed by atoms with van der Waals surface area (Å²) < 4.78 is 27.7. The minimum Gasteiger partial charge on any atom is -0.378 e. The summed E-state index contributed by atoms with van der Waals surface area (Å²) in [5.74, 6) is 0.345. The monoisotopic (exact) mass is 421 g/mol. The fourth-order valence-electron chi connectivity index (χ4n) is 2.56. The Morgan fingerprint density at radius 2 is 1.71 bits per heavy atom. The van der Waals surface area contributed by atoms with Crippen molar-refractivity contribution < 1.29 is 13.2 Å². The fourth-order valence-corrected chi connectivity index (χ4v) is 4.28. The zero-order valence-corrected chi connectivity index (χ0v) is 18.0. The third-order valence-electron chi connectivity index (χ3n) is 4.20. The Labute approximate surface area is 171 Å². The number of hydrogen-bond donors (Lipinski definition) is 2. The third-order valence-corrected chi connectivity index (χ3v) is 6.33. The van der Waals surface area contributed by atoms with E-state index >= 15 is 0 Å². The van der Waals surface area contributed by atoms with E-state index in [4.69, 9.17) is 0 Å². The summed E-state index contributed by atoms with van der Waals surface area (Å²) in [7, 11) is 0.170. The van der Waals surface area contributed by atoms with Gasteiger partial charge in [0.15, 0.2) is 0 Å². The highest BCUT2D eigenvalue weighted by molar-refractivity contribution is 7.98. The van der Waals surface area contributed by atoms with Gasteiger partial charge in [0.05, 0.1) is 4.90 Å². The van der Waals surface area contributed by atoms with Crippen molar-refractivity contribution in [2.45, 2.75) is 23.9 Å². The smallest absolute Gasteiger partial charge is 0.241 e. The molecule has 0 aliphatic rings. The van der Waals surface area contributed by atoms with Crippen LogP contribution in [0.25, 0.3) is 0 Å². The maximum Gasteiger partial charge on any atom is 0.241 e. The van der Waals surface area contributed by atoms with Crippen molar-refractivity contribution in [2.75, 3.05) is 31.0 Å². The lowest BCUT2D eigenvalue weighted by Crippen LogP contribution is -2.46. The van der Waals surface area contributed by atoms with E-state index in [1.807, 2.05) is 49.5 Å². The fraction of sp³-hybridized carbons (Fsp3) is 0.350. The predicted molar refractivity (Wildman–Crippen MR) is 116 cm³/mol. The molecule has 2 aromatic carbocycles. The van der Waals surface area contributed by atoms with E-state index in [0.29, 0.717) is 18.7 Å². The van der Waals surface area contributed by atoms with Crippen LogP contribution in [-0.2, 0) is 21.4 Å². The van der Waals surface area contributed by atoms with Crippen LogP contribution in [0.3, 0.4) is 0 Å². The highest BCUT2D eigenvalue weighted by Gasteiger charge is 2.25. The van der Waals surface area contributed by atoms with Gasteiger partial charge < -0.3 is 10.2 Å². The Morgan fingerprint density at radius 3 is 2.29 bits per heavy atom. The SMILES string of the molecule is CSCC[C@@H](NS(=O)(=O)c1ccccc1)C(=O)NCc1ccc(N(C)C)cc1. The number of sulfonamides is 1. The van der Waals surface area contributed by atoms with Crippen LogP contribution >= 0.6 is 11.8 Å². The van der Waals surface area contributed by atoms with Gasteiger partial charge in [0.2, 0.25) is 15.9 Å². The zero-order valence-electron chi connectivity index (χ0n) is 16.4. The molecular weight excluding hydrogens is 394 g/mol. The van der Waals surface area contributed by atoms with Crippen LogP contribution in [-0.4, -0.2) is 46.5 Å². The van der Waals surface area contributed by atoms with Gasteiger partial charge in [0.25, 0.3) is 0 Å². The first kappa shape index (κ1) is 22.3. The Bertz CT molecular complexity index is 854. The van der Waals surface area contributed by atoms with Crippen molar-refractivity contribution in [1.29, 1.82) is 0 Å². The van der Waals surface area contributed by atoms with Gasteiger partial charge in [-0.25, -0.2) is 8.42 Å². The Balaban J connectivity index is 2.04. The van der Waals surface area contributed by atoms with E-state index in [-0.39, 0.29) is 10.8 Å². The molecule has 0 saturated heterocycles. The second kappa shape index (κ2) is 10.5. The number of rotatable bonds is 10. The molecule has 0 aliphatic carbocycles. The summed E-state index contributed by atoms with van der Waals surface area (Å²) >= 11 is 1.57. The summed E-state index contributed by atoms with van der Waals surface area (Å²) in [5.41, 5.74) is 2.03. The summed E-state index contributed by atoms with van der Waals surface area (Å²) in [6, 6.07) is 15.1. The topological polar surface area (TPSA) is 78.5 Å². The van der Waals surface area contributed by atoms with Gasteiger partial charge in [-0.15, -0.1) is 0 Å². The van der Waals surface area contributed by atoms with Crippen LogP contribution in [0.5, 0.6) is 0 Å². The van der Waals surface area contributed by atoms with E-state index < -0.39 is 16.1 Å². The Hall–Kier alpha value is -2.03. The molecule has 0 spiro atoms. The van der Waals surface area contributed by atoms with Crippen LogP contribution in [0.4, 0.5) is 5.69 Å². The number of carbonyl (C=O) groups excluding carboxylic acids is 1. The van der Waals surface area contributed by atoms with Gasteiger partial charge in [-0.3, -0.25) is 4.79 Å². The molecule has 6 nitrogen and oxygen atoms in total. The van der Waals surface area contributed by atoms with Gasteiger partial charge in [-0.1, -0.05) is 30.3 Å². The molecule has 0 unspecified atom stereocenters. The third kappa shape index (κ3) is 6.54. The Kier molecular flexibility index (Phi) is 8.35. The quantitative estimate of drug-likeness (QED) is 0.616. The van der Waals surface area contributed by atoms with Crippen molar-refractivity contribution in [2.24, 2.45) is 0 Å². The van der Waals surface area contributed by atoms with Crippen LogP contribution < -0.4 is 14.9 Å². The number of hydrogen-bond acceptors (Lipinski definition) is 5. The van der Waals surface area contributed by atoms with E-state index in [2.05, 4.69) is 10.0 Å². The van der Waals surface area contributed by atoms with Gasteiger partial charge in [0, 0.05) is 26.3 Å². The van der Waals surface area contributed by atoms with Crippen molar-refractivity contribution in [1.82, 2.24) is 10.0 Å². The number of anilines is 1.